The predicted molar refractivity (Wildman–Crippen MR) is 127 cm³/mol. The van der Waals surface area contributed by atoms with Crippen LogP contribution in [0.1, 0.15) is 43.1 Å². The topological polar surface area (TPSA) is 100 Å². The van der Waals surface area contributed by atoms with E-state index in [1.54, 1.807) is 6.07 Å². The number of benzene rings is 1. The largest absolute Gasteiger partial charge is 0.493 e. The van der Waals surface area contributed by atoms with Crippen LogP contribution in [0.5, 0.6) is 5.75 Å². The summed E-state index contributed by atoms with van der Waals surface area (Å²) in [6.45, 7) is 7.72. The van der Waals surface area contributed by atoms with E-state index in [1.807, 2.05) is 30.6 Å². The van der Waals surface area contributed by atoms with Crippen molar-refractivity contribution >= 4 is 23.2 Å². The Morgan fingerprint density at radius 2 is 2.06 bits per heavy atom. The van der Waals surface area contributed by atoms with Crippen LogP contribution in [0.2, 0.25) is 0 Å². The predicted octanol–water partition coefficient (Wildman–Crippen LogP) is 4.88. The van der Waals surface area contributed by atoms with Gasteiger partial charge in [-0.25, -0.2) is 9.97 Å². The number of aromatic nitrogens is 5. The molecule has 3 aromatic heterocycles. The Kier molecular flexibility index (Phi) is 6.93. The lowest BCUT2D eigenvalue weighted by atomic mass is 10.1. The van der Waals surface area contributed by atoms with Crippen molar-refractivity contribution in [1.29, 1.82) is 0 Å². The first-order valence-electron chi connectivity index (χ1n) is 10.8. The summed E-state index contributed by atoms with van der Waals surface area (Å²) in [5.41, 5.74) is 2.80. The van der Waals surface area contributed by atoms with E-state index in [1.165, 1.54) is 28.0 Å². The number of fused-ring (bicyclic) bond motifs is 1. The molecule has 1 aromatic carbocycles. The smallest absolute Gasteiger partial charge is 0.368 e. The molecule has 0 radical (unpaired) electrons. The van der Waals surface area contributed by atoms with Gasteiger partial charge in [0.25, 0.3) is 0 Å². The van der Waals surface area contributed by atoms with E-state index < -0.39 is 4.92 Å². The molecule has 0 spiro atoms. The molecule has 10 heteroatoms. The average Bonchev–Trinajstić information content (AvgIpc) is 3.42. The molecule has 4 rings (SSSR count). The average molecular weight is 467 g/mol. The summed E-state index contributed by atoms with van der Waals surface area (Å²) in [5.74, 6) is 2.98. The SMILES string of the molecule is Cc1c(Cn2ccnc2C(C)C)cccc1OCCCSc1ccc2ncc([N+](=O)[O-])n2n1. The first kappa shape index (κ1) is 22.8. The highest BCUT2D eigenvalue weighted by Crippen LogP contribution is 2.24. The van der Waals surface area contributed by atoms with Gasteiger partial charge in [-0.1, -0.05) is 35.6 Å². The highest BCUT2D eigenvalue weighted by molar-refractivity contribution is 7.99. The third kappa shape index (κ3) is 5.16. The fraction of sp³-hybridized carbons (Fsp3) is 0.348. The third-order valence-electron chi connectivity index (χ3n) is 5.30. The lowest BCUT2D eigenvalue weighted by Gasteiger charge is -2.15. The molecule has 4 aromatic rings. The van der Waals surface area contributed by atoms with E-state index in [0.29, 0.717) is 23.2 Å². The minimum atomic E-state index is -0.484. The maximum absolute atomic E-state index is 11.1. The summed E-state index contributed by atoms with van der Waals surface area (Å²) in [6, 6.07) is 9.71. The summed E-state index contributed by atoms with van der Waals surface area (Å²) in [5, 5.41) is 16.1. The lowest BCUT2D eigenvalue weighted by Crippen LogP contribution is -2.08. The molecule has 0 N–H and O–H groups in total. The van der Waals surface area contributed by atoms with Crippen molar-refractivity contribution < 1.29 is 9.66 Å². The molecule has 0 aliphatic carbocycles. The third-order valence-corrected chi connectivity index (χ3v) is 6.31. The van der Waals surface area contributed by atoms with Gasteiger partial charge >= 0.3 is 5.82 Å². The second-order valence-corrected chi connectivity index (χ2v) is 9.09. The fourth-order valence-electron chi connectivity index (χ4n) is 3.59. The maximum atomic E-state index is 11.1. The van der Waals surface area contributed by atoms with E-state index >= 15 is 0 Å². The van der Waals surface area contributed by atoms with Crippen LogP contribution in [-0.2, 0) is 6.54 Å². The van der Waals surface area contributed by atoms with Crippen LogP contribution >= 0.6 is 11.8 Å². The first-order valence-corrected chi connectivity index (χ1v) is 11.8. The zero-order chi connectivity index (χ0) is 23.4. The van der Waals surface area contributed by atoms with E-state index in [2.05, 4.69) is 46.5 Å². The second-order valence-electron chi connectivity index (χ2n) is 7.97. The van der Waals surface area contributed by atoms with Gasteiger partial charge in [0.15, 0.2) is 0 Å². The molecule has 0 bridgehead atoms. The lowest BCUT2D eigenvalue weighted by molar-refractivity contribution is -0.391. The molecular formula is C23H26N6O3S. The molecule has 0 atom stereocenters. The van der Waals surface area contributed by atoms with Crippen molar-refractivity contribution in [2.45, 2.75) is 44.7 Å². The Morgan fingerprint density at radius 3 is 2.85 bits per heavy atom. The minimum Gasteiger partial charge on any atom is -0.493 e. The minimum absolute atomic E-state index is 0.137. The highest BCUT2D eigenvalue weighted by atomic mass is 32.2. The molecule has 0 aliphatic heterocycles. The van der Waals surface area contributed by atoms with Crippen molar-refractivity contribution in [3.63, 3.8) is 0 Å². The van der Waals surface area contributed by atoms with Gasteiger partial charge in [0.2, 0.25) is 5.65 Å². The van der Waals surface area contributed by atoms with Gasteiger partial charge in [-0.15, -0.1) is 11.8 Å². The number of imidazole rings is 2. The van der Waals surface area contributed by atoms with Crippen molar-refractivity contribution in [3.8, 4) is 5.75 Å². The molecule has 0 saturated heterocycles. The molecule has 0 saturated carbocycles. The van der Waals surface area contributed by atoms with Gasteiger partial charge in [0.1, 0.15) is 22.8 Å². The van der Waals surface area contributed by atoms with Gasteiger partial charge in [-0.3, -0.25) is 0 Å². The van der Waals surface area contributed by atoms with Gasteiger partial charge < -0.3 is 19.4 Å². The molecule has 9 nitrogen and oxygen atoms in total. The van der Waals surface area contributed by atoms with E-state index in [-0.39, 0.29) is 5.82 Å². The van der Waals surface area contributed by atoms with Crippen LogP contribution in [-0.4, -0.2) is 41.4 Å². The van der Waals surface area contributed by atoms with Crippen LogP contribution in [0.25, 0.3) is 5.65 Å². The van der Waals surface area contributed by atoms with Crippen LogP contribution < -0.4 is 4.74 Å². The zero-order valence-electron chi connectivity index (χ0n) is 18.8. The monoisotopic (exact) mass is 466 g/mol. The molecule has 33 heavy (non-hydrogen) atoms. The first-order chi connectivity index (χ1) is 15.9. The number of nitro groups is 1. The Bertz CT molecular complexity index is 1270. The molecule has 3 heterocycles. The van der Waals surface area contributed by atoms with Gasteiger partial charge in [0, 0.05) is 36.7 Å². The molecule has 0 amide bonds. The standard InChI is InChI=1S/C23H26N6O3S/c1-16(2)23-24-10-11-27(23)15-18-6-4-7-19(17(18)3)32-12-5-13-33-21-9-8-20-25-14-22(29(30)31)28(20)26-21/h4,6-11,14,16H,5,12-13,15H2,1-3H3. The molecule has 0 fully saturated rings. The Balaban J connectivity index is 1.31. The summed E-state index contributed by atoms with van der Waals surface area (Å²) in [6.07, 6.45) is 5.90. The van der Waals surface area contributed by atoms with Gasteiger partial charge in [-0.05, 0) is 41.5 Å². The van der Waals surface area contributed by atoms with Crippen molar-refractivity contribution in [2.24, 2.45) is 0 Å². The Hall–Kier alpha value is -3.40. The van der Waals surface area contributed by atoms with Crippen LogP contribution in [0.15, 0.2) is 53.9 Å². The number of rotatable bonds is 10. The van der Waals surface area contributed by atoms with E-state index in [9.17, 15) is 10.1 Å². The quantitative estimate of drug-likeness (QED) is 0.142. The van der Waals surface area contributed by atoms with Crippen molar-refractivity contribution in [2.75, 3.05) is 12.4 Å². The van der Waals surface area contributed by atoms with Crippen molar-refractivity contribution in [1.82, 2.24) is 24.1 Å². The number of thioether (sulfide) groups is 1. The van der Waals surface area contributed by atoms with Crippen molar-refractivity contribution in [3.05, 3.63) is 76.0 Å². The van der Waals surface area contributed by atoms with Crippen LogP contribution in [0, 0.1) is 17.0 Å². The molecule has 0 unspecified atom stereocenters. The van der Waals surface area contributed by atoms with Gasteiger partial charge in [-0.2, -0.15) is 0 Å². The second kappa shape index (κ2) is 10.0. The van der Waals surface area contributed by atoms with Gasteiger partial charge in [0.05, 0.1) is 6.61 Å². The summed E-state index contributed by atoms with van der Waals surface area (Å²) in [7, 11) is 0. The fourth-order valence-corrected chi connectivity index (χ4v) is 4.36. The highest BCUT2D eigenvalue weighted by Gasteiger charge is 2.16. The summed E-state index contributed by atoms with van der Waals surface area (Å²) < 4.78 is 9.50. The zero-order valence-corrected chi connectivity index (χ0v) is 19.7. The number of hydrogen-bond acceptors (Lipinski definition) is 7. The number of nitrogens with zero attached hydrogens (tertiary/aromatic N) is 6. The molecule has 172 valence electrons. The summed E-state index contributed by atoms with van der Waals surface area (Å²) >= 11 is 1.54. The molecular weight excluding hydrogens is 440 g/mol. The normalized spacial score (nSPS) is 11.4. The number of ether oxygens (including phenoxy) is 1. The Morgan fingerprint density at radius 1 is 1.21 bits per heavy atom. The molecule has 0 aliphatic rings. The van der Waals surface area contributed by atoms with Crippen LogP contribution in [0.4, 0.5) is 5.82 Å². The number of hydrogen-bond donors (Lipinski definition) is 0. The van der Waals surface area contributed by atoms with Crippen LogP contribution in [0.3, 0.4) is 0 Å². The Labute approximate surface area is 196 Å². The maximum Gasteiger partial charge on any atom is 0.368 e. The van der Waals surface area contributed by atoms with E-state index in [0.717, 1.165) is 35.9 Å². The van der Waals surface area contributed by atoms with E-state index in [4.69, 9.17) is 4.74 Å². The summed E-state index contributed by atoms with van der Waals surface area (Å²) in [4.78, 5) is 19.1.